The minimum atomic E-state index is 0.976. The fraction of sp³-hybridized carbons (Fsp3) is 0. The molecule has 29 heavy (non-hydrogen) atoms. The molecule has 0 saturated heterocycles. The molecule has 0 amide bonds. The van der Waals surface area contributed by atoms with Crippen molar-refractivity contribution in [2.75, 3.05) is 0 Å². The minimum absolute atomic E-state index is 0.976. The van der Waals surface area contributed by atoms with Crippen LogP contribution in [0.1, 0.15) is 0 Å². The molecular formula is C28H16O. The summed E-state index contributed by atoms with van der Waals surface area (Å²) in [6.45, 7) is 0. The molecule has 1 heteroatoms. The van der Waals surface area contributed by atoms with Crippen LogP contribution in [-0.2, 0) is 0 Å². The van der Waals surface area contributed by atoms with Crippen LogP contribution >= 0.6 is 0 Å². The van der Waals surface area contributed by atoms with Crippen LogP contribution in [0, 0.1) is 0 Å². The second-order valence-corrected chi connectivity index (χ2v) is 7.83. The van der Waals surface area contributed by atoms with Crippen molar-refractivity contribution >= 4 is 65.0 Å². The lowest BCUT2D eigenvalue weighted by molar-refractivity contribution is 0.676. The first kappa shape index (κ1) is 15.1. The number of rotatable bonds is 0. The van der Waals surface area contributed by atoms with Crippen molar-refractivity contribution in [3.05, 3.63) is 97.1 Å². The Bertz CT molecular complexity index is 1620. The van der Waals surface area contributed by atoms with E-state index in [2.05, 4.69) is 97.1 Å². The van der Waals surface area contributed by atoms with Gasteiger partial charge in [-0.1, -0.05) is 60.7 Å². The minimum Gasteiger partial charge on any atom is -0.455 e. The maximum atomic E-state index is 6.58. The molecule has 7 rings (SSSR count). The summed E-state index contributed by atoms with van der Waals surface area (Å²) in [7, 11) is 0. The molecule has 0 atom stereocenters. The molecule has 134 valence electrons. The van der Waals surface area contributed by atoms with Crippen LogP contribution in [0.15, 0.2) is 101 Å². The molecule has 0 bridgehead atoms. The van der Waals surface area contributed by atoms with Crippen LogP contribution in [0.4, 0.5) is 0 Å². The number of benzene rings is 6. The number of hydrogen-bond donors (Lipinski definition) is 0. The van der Waals surface area contributed by atoms with Crippen LogP contribution in [0.5, 0.6) is 0 Å². The molecular weight excluding hydrogens is 352 g/mol. The van der Waals surface area contributed by atoms with E-state index in [0.717, 1.165) is 11.2 Å². The molecule has 1 heterocycles. The van der Waals surface area contributed by atoms with Crippen LogP contribution in [0.25, 0.3) is 65.0 Å². The third-order valence-electron chi connectivity index (χ3n) is 6.17. The van der Waals surface area contributed by atoms with Gasteiger partial charge < -0.3 is 4.42 Å². The molecule has 0 spiro atoms. The average Bonchev–Trinajstić information content (AvgIpc) is 3.16. The highest BCUT2D eigenvalue weighted by Crippen LogP contribution is 2.39. The van der Waals surface area contributed by atoms with Gasteiger partial charge in [0.1, 0.15) is 11.2 Å². The number of hydrogen-bond acceptors (Lipinski definition) is 1. The van der Waals surface area contributed by atoms with Gasteiger partial charge in [0.2, 0.25) is 0 Å². The van der Waals surface area contributed by atoms with E-state index in [1.54, 1.807) is 0 Å². The summed E-state index contributed by atoms with van der Waals surface area (Å²) in [5.74, 6) is 0. The Balaban J connectivity index is 1.67. The lowest BCUT2D eigenvalue weighted by atomic mass is 9.99. The third kappa shape index (κ3) is 2.05. The first-order valence-corrected chi connectivity index (χ1v) is 9.94. The molecule has 1 aromatic heterocycles. The van der Waals surface area contributed by atoms with Crippen LogP contribution in [0.3, 0.4) is 0 Å². The highest BCUT2D eigenvalue weighted by atomic mass is 16.3. The predicted molar refractivity (Wildman–Crippen MR) is 124 cm³/mol. The maximum Gasteiger partial charge on any atom is 0.143 e. The van der Waals surface area contributed by atoms with E-state index in [0.29, 0.717) is 0 Å². The van der Waals surface area contributed by atoms with Gasteiger partial charge in [0.25, 0.3) is 0 Å². The van der Waals surface area contributed by atoms with Gasteiger partial charge in [-0.15, -0.1) is 0 Å². The van der Waals surface area contributed by atoms with Gasteiger partial charge in [-0.25, -0.2) is 0 Å². The zero-order chi connectivity index (χ0) is 18.9. The summed E-state index contributed by atoms with van der Waals surface area (Å²) in [5, 5.41) is 12.1. The second-order valence-electron chi connectivity index (χ2n) is 7.83. The van der Waals surface area contributed by atoms with E-state index in [-0.39, 0.29) is 0 Å². The normalized spacial score (nSPS) is 12.1. The lowest BCUT2D eigenvalue weighted by Crippen LogP contribution is -1.77. The van der Waals surface area contributed by atoms with Crippen molar-refractivity contribution in [3.63, 3.8) is 0 Å². The lowest BCUT2D eigenvalue weighted by Gasteiger charge is -2.02. The molecule has 1 nitrogen and oxygen atoms in total. The molecule has 0 N–H and O–H groups in total. The summed E-state index contributed by atoms with van der Waals surface area (Å²) < 4.78 is 6.58. The van der Waals surface area contributed by atoms with Gasteiger partial charge in [0, 0.05) is 21.5 Å². The summed E-state index contributed by atoms with van der Waals surface area (Å²) in [4.78, 5) is 0. The van der Waals surface area contributed by atoms with Crippen molar-refractivity contribution in [3.8, 4) is 0 Å². The van der Waals surface area contributed by atoms with Gasteiger partial charge in [-0.2, -0.15) is 0 Å². The first-order valence-electron chi connectivity index (χ1n) is 9.94. The molecule has 0 unspecified atom stereocenters. The van der Waals surface area contributed by atoms with E-state index in [1.807, 2.05) is 0 Å². The monoisotopic (exact) mass is 368 g/mol. The Morgan fingerprint density at radius 3 is 1.21 bits per heavy atom. The van der Waals surface area contributed by atoms with E-state index in [1.165, 1.54) is 53.9 Å². The SMILES string of the molecule is c1ccc2cc3c(ccc4c5ccc6cc7ccccc7cc6c5oc34)cc2c1. The Labute approximate surface area is 166 Å². The van der Waals surface area contributed by atoms with E-state index < -0.39 is 0 Å². The van der Waals surface area contributed by atoms with Crippen molar-refractivity contribution in [1.82, 2.24) is 0 Å². The highest BCUT2D eigenvalue weighted by Gasteiger charge is 2.14. The van der Waals surface area contributed by atoms with Crippen LogP contribution in [-0.4, -0.2) is 0 Å². The smallest absolute Gasteiger partial charge is 0.143 e. The summed E-state index contributed by atoms with van der Waals surface area (Å²) >= 11 is 0. The highest BCUT2D eigenvalue weighted by molar-refractivity contribution is 6.22. The van der Waals surface area contributed by atoms with Crippen molar-refractivity contribution < 1.29 is 4.42 Å². The van der Waals surface area contributed by atoms with Crippen LogP contribution in [0.2, 0.25) is 0 Å². The Morgan fingerprint density at radius 1 is 0.345 bits per heavy atom. The standard InChI is InChI=1S/C28H16O/c1-3-7-19-15-25-21(13-17(19)5-1)9-11-23-24-12-10-22-14-18-6-2-4-8-20(18)16-26(22)28(24)29-27(23)25/h1-16H. The molecule has 6 aromatic carbocycles. The first-order chi connectivity index (χ1) is 14.3. The topological polar surface area (TPSA) is 13.1 Å². The Kier molecular flexibility index (Phi) is 2.80. The van der Waals surface area contributed by atoms with Crippen molar-refractivity contribution in [2.45, 2.75) is 0 Å². The van der Waals surface area contributed by atoms with Gasteiger partial charge >= 0.3 is 0 Å². The largest absolute Gasteiger partial charge is 0.455 e. The third-order valence-corrected chi connectivity index (χ3v) is 6.17. The Hall–Kier alpha value is -3.84. The van der Waals surface area contributed by atoms with Crippen molar-refractivity contribution in [2.24, 2.45) is 0 Å². The number of fused-ring (bicyclic) bond motifs is 9. The zero-order valence-electron chi connectivity index (χ0n) is 15.6. The summed E-state index contributed by atoms with van der Waals surface area (Å²) in [6, 6.07) is 34.9. The van der Waals surface area contributed by atoms with Gasteiger partial charge in [-0.05, 0) is 68.7 Å². The van der Waals surface area contributed by atoms with E-state index in [9.17, 15) is 0 Å². The van der Waals surface area contributed by atoms with E-state index >= 15 is 0 Å². The zero-order valence-corrected chi connectivity index (χ0v) is 15.6. The van der Waals surface area contributed by atoms with Gasteiger partial charge in [-0.3, -0.25) is 0 Å². The van der Waals surface area contributed by atoms with Gasteiger partial charge in [0.15, 0.2) is 0 Å². The van der Waals surface area contributed by atoms with Gasteiger partial charge in [0.05, 0.1) is 0 Å². The molecule has 7 aromatic rings. The fourth-order valence-corrected chi connectivity index (χ4v) is 4.72. The number of furan rings is 1. The molecule has 0 saturated carbocycles. The molecule has 0 aliphatic heterocycles. The predicted octanol–water partition coefficient (Wildman–Crippen LogP) is 8.20. The van der Waals surface area contributed by atoms with Crippen LogP contribution < -0.4 is 0 Å². The quantitative estimate of drug-likeness (QED) is 0.246. The fourth-order valence-electron chi connectivity index (χ4n) is 4.72. The summed E-state index contributed by atoms with van der Waals surface area (Å²) in [5.41, 5.74) is 1.95. The molecule has 0 radical (unpaired) electrons. The van der Waals surface area contributed by atoms with Crippen molar-refractivity contribution in [1.29, 1.82) is 0 Å². The molecule has 0 fully saturated rings. The Morgan fingerprint density at radius 2 is 0.759 bits per heavy atom. The second kappa shape index (κ2) is 5.36. The molecule has 0 aliphatic rings. The van der Waals surface area contributed by atoms with E-state index in [4.69, 9.17) is 4.42 Å². The molecule has 0 aliphatic carbocycles. The maximum absolute atomic E-state index is 6.58. The average molecular weight is 368 g/mol. The summed E-state index contributed by atoms with van der Waals surface area (Å²) in [6.07, 6.45) is 0.